The standard InChI is InChI=1S/C15H21FN2O2/c1-10-2-3-13(16)8-12(10)9-18-6-4-11(5-7-18)14(19)15(17)20/h2-3,8,11,14,19H,4-7,9H2,1H3,(H2,17,20)/t14-/m1/s1. The van der Waals surface area contributed by atoms with Gasteiger partial charge in [-0.05, 0) is 62.0 Å². The summed E-state index contributed by atoms with van der Waals surface area (Å²) in [4.78, 5) is 13.2. The third-order valence-corrected chi connectivity index (χ3v) is 4.08. The van der Waals surface area contributed by atoms with Gasteiger partial charge in [-0.1, -0.05) is 6.07 Å². The Bertz CT molecular complexity index is 485. The Hall–Kier alpha value is -1.46. The van der Waals surface area contributed by atoms with Gasteiger partial charge in [-0.25, -0.2) is 4.39 Å². The zero-order valence-corrected chi connectivity index (χ0v) is 11.7. The molecule has 5 heteroatoms. The van der Waals surface area contributed by atoms with E-state index in [0.717, 1.165) is 37.1 Å². The maximum atomic E-state index is 13.3. The number of carbonyl (C=O) groups is 1. The van der Waals surface area contributed by atoms with Crippen LogP contribution in [0, 0.1) is 18.7 Å². The van der Waals surface area contributed by atoms with E-state index in [1.54, 1.807) is 12.1 Å². The third kappa shape index (κ3) is 3.55. The summed E-state index contributed by atoms with van der Waals surface area (Å²) in [6.45, 7) is 4.23. The normalized spacial score (nSPS) is 18.9. The number of carbonyl (C=O) groups excluding carboxylic acids is 1. The Labute approximate surface area is 118 Å². The van der Waals surface area contributed by atoms with Crippen LogP contribution in [0.15, 0.2) is 18.2 Å². The molecule has 3 N–H and O–H groups in total. The lowest BCUT2D eigenvalue weighted by Gasteiger charge is -2.33. The van der Waals surface area contributed by atoms with Gasteiger partial charge < -0.3 is 10.8 Å². The van der Waals surface area contributed by atoms with E-state index in [1.165, 1.54) is 6.07 Å². The fraction of sp³-hybridized carbons (Fsp3) is 0.533. The van der Waals surface area contributed by atoms with Crippen LogP contribution in [-0.2, 0) is 11.3 Å². The highest BCUT2D eigenvalue weighted by Gasteiger charge is 2.28. The van der Waals surface area contributed by atoms with Crippen molar-refractivity contribution >= 4 is 5.91 Å². The Kier molecular flexibility index (Phi) is 4.73. The predicted octanol–water partition coefficient (Wildman–Crippen LogP) is 1.19. The third-order valence-electron chi connectivity index (χ3n) is 4.08. The van der Waals surface area contributed by atoms with Crippen molar-refractivity contribution in [2.45, 2.75) is 32.4 Å². The Balaban J connectivity index is 1.91. The lowest BCUT2D eigenvalue weighted by molar-refractivity contribution is -0.129. The molecule has 1 atom stereocenters. The van der Waals surface area contributed by atoms with E-state index in [1.807, 2.05) is 6.92 Å². The maximum Gasteiger partial charge on any atom is 0.246 e. The van der Waals surface area contributed by atoms with Gasteiger partial charge in [0.1, 0.15) is 11.9 Å². The number of aryl methyl sites for hydroxylation is 1. The van der Waals surface area contributed by atoms with Crippen LogP contribution < -0.4 is 5.73 Å². The van der Waals surface area contributed by atoms with E-state index in [9.17, 15) is 14.3 Å². The highest BCUT2D eigenvalue weighted by Crippen LogP contribution is 2.23. The van der Waals surface area contributed by atoms with Gasteiger partial charge in [0.2, 0.25) is 5.91 Å². The van der Waals surface area contributed by atoms with Crippen molar-refractivity contribution in [3.8, 4) is 0 Å². The second kappa shape index (κ2) is 6.33. The lowest BCUT2D eigenvalue weighted by Crippen LogP contribution is -2.42. The zero-order valence-electron chi connectivity index (χ0n) is 11.7. The lowest BCUT2D eigenvalue weighted by atomic mass is 9.90. The number of hydrogen-bond acceptors (Lipinski definition) is 3. The zero-order chi connectivity index (χ0) is 14.7. The quantitative estimate of drug-likeness (QED) is 0.870. The van der Waals surface area contributed by atoms with Crippen LogP contribution in [0.4, 0.5) is 4.39 Å². The van der Waals surface area contributed by atoms with Crippen LogP contribution in [0.3, 0.4) is 0 Å². The Morgan fingerprint density at radius 2 is 2.15 bits per heavy atom. The summed E-state index contributed by atoms with van der Waals surface area (Å²) in [5.41, 5.74) is 7.18. The van der Waals surface area contributed by atoms with Crippen molar-refractivity contribution in [3.63, 3.8) is 0 Å². The van der Waals surface area contributed by atoms with E-state index >= 15 is 0 Å². The Morgan fingerprint density at radius 3 is 2.75 bits per heavy atom. The summed E-state index contributed by atoms with van der Waals surface area (Å²) in [6.07, 6.45) is 0.421. The molecule has 4 nitrogen and oxygen atoms in total. The van der Waals surface area contributed by atoms with Gasteiger partial charge in [0, 0.05) is 6.54 Å². The van der Waals surface area contributed by atoms with Crippen LogP contribution in [0.5, 0.6) is 0 Å². The smallest absolute Gasteiger partial charge is 0.246 e. The van der Waals surface area contributed by atoms with Crippen LogP contribution in [0.1, 0.15) is 24.0 Å². The number of halogens is 1. The summed E-state index contributed by atoms with van der Waals surface area (Å²) in [7, 11) is 0. The van der Waals surface area contributed by atoms with Gasteiger partial charge in [-0.2, -0.15) is 0 Å². The largest absolute Gasteiger partial charge is 0.383 e. The minimum absolute atomic E-state index is 0.0580. The molecule has 1 aromatic rings. The molecule has 1 fully saturated rings. The van der Waals surface area contributed by atoms with Crippen molar-refractivity contribution in [3.05, 3.63) is 35.1 Å². The minimum atomic E-state index is -1.05. The number of rotatable bonds is 4. The summed E-state index contributed by atoms with van der Waals surface area (Å²) in [5, 5.41) is 9.67. The number of amides is 1. The minimum Gasteiger partial charge on any atom is -0.383 e. The van der Waals surface area contributed by atoms with Gasteiger partial charge in [0.25, 0.3) is 0 Å². The first-order chi connectivity index (χ1) is 9.47. The molecular formula is C15H21FN2O2. The molecule has 1 amide bonds. The molecular weight excluding hydrogens is 259 g/mol. The molecule has 1 heterocycles. The van der Waals surface area contributed by atoms with E-state index < -0.39 is 12.0 Å². The second-order valence-corrected chi connectivity index (χ2v) is 5.53. The van der Waals surface area contributed by atoms with E-state index in [2.05, 4.69) is 4.90 Å². The molecule has 0 bridgehead atoms. The maximum absolute atomic E-state index is 13.3. The number of nitrogens with two attached hydrogens (primary N) is 1. The van der Waals surface area contributed by atoms with E-state index in [4.69, 9.17) is 5.73 Å². The highest BCUT2D eigenvalue weighted by atomic mass is 19.1. The predicted molar refractivity (Wildman–Crippen MR) is 74.3 cm³/mol. The van der Waals surface area contributed by atoms with E-state index in [-0.39, 0.29) is 11.7 Å². The first-order valence-electron chi connectivity index (χ1n) is 6.92. The van der Waals surface area contributed by atoms with Crippen LogP contribution >= 0.6 is 0 Å². The fourth-order valence-corrected chi connectivity index (χ4v) is 2.71. The molecule has 20 heavy (non-hydrogen) atoms. The molecule has 0 radical (unpaired) electrons. The Morgan fingerprint density at radius 1 is 1.50 bits per heavy atom. The molecule has 1 aromatic carbocycles. The van der Waals surface area contributed by atoms with Crippen LogP contribution in [-0.4, -0.2) is 35.1 Å². The second-order valence-electron chi connectivity index (χ2n) is 5.53. The fourth-order valence-electron chi connectivity index (χ4n) is 2.71. The molecule has 0 aliphatic carbocycles. The molecule has 110 valence electrons. The first-order valence-corrected chi connectivity index (χ1v) is 6.92. The molecule has 1 aliphatic rings. The number of hydrogen-bond donors (Lipinski definition) is 2. The van der Waals surface area contributed by atoms with Crippen molar-refractivity contribution < 1.29 is 14.3 Å². The molecule has 0 aromatic heterocycles. The molecule has 1 aliphatic heterocycles. The average molecular weight is 280 g/mol. The number of likely N-dealkylation sites (tertiary alicyclic amines) is 1. The number of piperidine rings is 1. The van der Waals surface area contributed by atoms with E-state index in [0.29, 0.717) is 6.54 Å². The molecule has 0 spiro atoms. The molecule has 2 rings (SSSR count). The SMILES string of the molecule is Cc1ccc(F)cc1CN1CCC([C@@H](O)C(N)=O)CC1. The van der Waals surface area contributed by atoms with Crippen LogP contribution in [0.2, 0.25) is 0 Å². The topological polar surface area (TPSA) is 66.6 Å². The molecule has 0 unspecified atom stereocenters. The van der Waals surface area contributed by atoms with Crippen molar-refractivity contribution in [2.75, 3.05) is 13.1 Å². The summed E-state index contributed by atoms with van der Waals surface area (Å²) < 4.78 is 13.3. The van der Waals surface area contributed by atoms with Gasteiger partial charge >= 0.3 is 0 Å². The number of nitrogens with zero attached hydrogens (tertiary/aromatic N) is 1. The number of aliphatic hydroxyl groups is 1. The number of benzene rings is 1. The van der Waals surface area contributed by atoms with Crippen LogP contribution in [0.25, 0.3) is 0 Å². The van der Waals surface area contributed by atoms with Gasteiger partial charge in [-0.15, -0.1) is 0 Å². The van der Waals surface area contributed by atoms with Gasteiger partial charge in [0.15, 0.2) is 0 Å². The summed E-state index contributed by atoms with van der Waals surface area (Å²) >= 11 is 0. The van der Waals surface area contributed by atoms with Crippen molar-refractivity contribution in [1.82, 2.24) is 4.90 Å². The van der Waals surface area contributed by atoms with Gasteiger partial charge in [-0.3, -0.25) is 9.69 Å². The summed E-state index contributed by atoms with van der Waals surface area (Å²) in [6, 6.07) is 4.82. The van der Waals surface area contributed by atoms with Crippen molar-refractivity contribution in [2.24, 2.45) is 11.7 Å². The highest BCUT2D eigenvalue weighted by molar-refractivity contribution is 5.78. The summed E-state index contributed by atoms with van der Waals surface area (Å²) in [5.74, 6) is -0.925. The number of primary amides is 1. The first kappa shape index (κ1) is 14.9. The molecule has 1 saturated heterocycles. The number of aliphatic hydroxyl groups excluding tert-OH is 1. The molecule has 0 saturated carbocycles. The van der Waals surface area contributed by atoms with Crippen molar-refractivity contribution in [1.29, 1.82) is 0 Å². The monoisotopic (exact) mass is 280 g/mol. The average Bonchev–Trinajstić information content (AvgIpc) is 2.43. The van der Waals surface area contributed by atoms with Gasteiger partial charge in [0.05, 0.1) is 0 Å².